The van der Waals surface area contributed by atoms with Gasteiger partial charge in [0, 0.05) is 31.3 Å². The number of rotatable bonds is 7. The number of methoxy groups -OCH3 is 1. The zero-order valence-corrected chi connectivity index (χ0v) is 13.6. The maximum atomic E-state index is 6.21. The van der Waals surface area contributed by atoms with E-state index in [9.17, 15) is 0 Å². The SMILES string of the molecule is COCCCNc1ncnc(Nc2cccc3ccccc23)c1N. The smallest absolute Gasteiger partial charge is 0.159 e. The standard InChI is InChI=1S/C18H21N5O/c1-24-11-5-10-20-17-16(19)18(22-12-21-17)23-15-9-4-7-13-6-2-3-8-14(13)15/h2-4,6-9,12H,5,10-11,19H2,1H3,(H2,20,21,22,23). The van der Waals surface area contributed by atoms with E-state index in [1.807, 2.05) is 24.3 Å². The largest absolute Gasteiger partial charge is 0.393 e. The second-order valence-corrected chi connectivity index (χ2v) is 5.41. The van der Waals surface area contributed by atoms with E-state index in [1.165, 1.54) is 6.33 Å². The zero-order valence-electron chi connectivity index (χ0n) is 13.6. The molecule has 6 heteroatoms. The van der Waals surface area contributed by atoms with Crippen LogP contribution in [0.2, 0.25) is 0 Å². The van der Waals surface area contributed by atoms with E-state index in [1.54, 1.807) is 7.11 Å². The van der Waals surface area contributed by atoms with Gasteiger partial charge in [-0.05, 0) is 17.9 Å². The number of nitrogen functional groups attached to an aromatic ring is 1. The summed E-state index contributed by atoms with van der Waals surface area (Å²) in [7, 11) is 1.69. The van der Waals surface area contributed by atoms with E-state index in [-0.39, 0.29) is 0 Å². The van der Waals surface area contributed by atoms with Crippen LogP contribution < -0.4 is 16.4 Å². The number of anilines is 4. The van der Waals surface area contributed by atoms with Gasteiger partial charge in [-0.3, -0.25) is 0 Å². The molecule has 4 N–H and O–H groups in total. The summed E-state index contributed by atoms with van der Waals surface area (Å²) in [6, 6.07) is 14.3. The first kappa shape index (κ1) is 16.0. The van der Waals surface area contributed by atoms with Crippen LogP contribution in [-0.4, -0.2) is 30.2 Å². The van der Waals surface area contributed by atoms with Crippen molar-refractivity contribution in [1.29, 1.82) is 0 Å². The Morgan fingerprint density at radius 2 is 1.83 bits per heavy atom. The van der Waals surface area contributed by atoms with Crippen LogP contribution in [0, 0.1) is 0 Å². The predicted molar refractivity (Wildman–Crippen MR) is 98.7 cm³/mol. The highest BCUT2D eigenvalue weighted by molar-refractivity contribution is 5.96. The summed E-state index contributed by atoms with van der Waals surface area (Å²) < 4.78 is 5.04. The van der Waals surface area contributed by atoms with Crippen molar-refractivity contribution in [2.45, 2.75) is 6.42 Å². The normalized spacial score (nSPS) is 10.7. The molecule has 2 aromatic carbocycles. The lowest BCUT2D eigenvalue weighted by atomic mass is 10.1. The lowest BCUT2D eigenvalue weighted by Crippen LogP contribution is -2.10. The van der Waals surface area contributed by atoms with E-state index in [0.29, 0.717) is 23.9 Å². The number of aromatic nitrogens is 2. The molecule has 0 aliphatic rings. The minimum atomic E-state index is 0.503. The molecule has 0 amide bonds. The van der Waals surface area contributed by atoms with Crippen molar-refractivity contribution in [2.75, 3.05) is 36.6 Å². The molecule has 0 unspecified atom stereocenters. The molecule has 3 aromatic rings. The Hall–Kier alpha value is -2.86. The Balaban J connectivity index is 1.82. The first-order chi connectivity index (χ1) is 11.8. The topological polar surface area (TPSA) is 85.1 Å². The van der Waals surface area contributed by atoms with Crippen LogP contribution in [0.25, 0.3) is 10.8 Å². The van der Waals surface area contributed by atoms with Crippen LogP contribution >= 0.6 is 0 Å². The second-order valence-electron chi connectivity index (χ2n) is 5.41. The zero-order chi connectivity index (χ0) is 16.8. The summed E-state index contributed by atoms with van der Waals surface area (Å²) in [6.07, 6.45) is 2.38. The third-order valence-corrected chi connectivity index (χ3v) is 3.74. The molecule has 1 heterocycles. The van der Waals surface area contributed by atoms with Gasteiger partial charge in [0.15, 0.2) is 11.6 Å². The fourth-order valence-electron chi connectivity index (χ4n) is 2.52. The van der Waals surface area contributed by atoms with Crippen LogP contribution in [0.4, 0.5) is 23.0 Å². The van der Waals surface area contributed by atoms with Crippen LogP contribution in [-0.2, 0) is 4.74 Å². The van der Waals surface area contributed by atoms with Gasteiger partial charge in [0.25, 0.3) is 0 Å². The van der Waals surface area contributed by atoms with Crippen molar-refractivity contribution in [3.8, 4) is 0 Å². The maximum absolute atomic E-state index is 6.21. The minimum absolute atomic E-state index is 0.503. The number of hydrogen-bond acceptors (Lipinski definition) is 6. The van der Waals surface area contributed by atoms with Gasteiger partial charge in [-0.2, -0.15) is 0 Å². The van der Waals surface area contributed by atoms with E-state index >= 15 is 0 Å². The maximum Gasteiger partial charge on any atom is 0.159 e. The van der Waals surface area contributed by atoms with Crippen molar-refractivity contribution in [3.05, 3.63) is 48.8 Å². The number of ether oxygens (including phenoxy) is 1. The number of nitrogens with two attached hydrogens (primary N) is 1. The van der Waals surface area contributed by atoms with Gasteiger partial charge in [0.05, 0.1) is 0 Å². The number of fused-ring (bicyclic) bond motifs is 1. The van der Waals surface area contributed by atoms with Crippen LogP contribution in [0.3, 0.4) is 0 Å². The molecule has 0 atom stereocenters. The molecule has 124 valence electrons. The molecule has 0 saturated heterocycles. The van der Waals surface area contributed by atoms with Crippen molar-refractivity contribution < 1.29 is 4.74 Å². The van der Waals surface area contributed by atoms with E-state index < -0.39 is 0 Å². The number of hydrogen-bond donors (Lipinski definition) is 3. The van der Waals surface area contributed by atoms with E-state index in [0.717, 1.165) is 29.4 Å². The Labute approximate surface area is 141 Å². The third kappa shape index (κ3) is 3.55. The van der Waals surface area contributed by atoms with Gasteiger partial charge in [-0.25, -0.2) is 9.97 Å². The summed E-state index contributed by atoms with van der Waals surface area (Å²) in [6.45, 7) is 1.43. The highest BCUT2D eigenvalue weighted by Crippen LogP contribution is 2.29. The van der Waals surface area contributed by atoms with Gasteiger partial charge >= 0.3 is 0 Å². The van der Waals surface area contributed by atoms with Gasteiger partial charge in [-0.1, -0.05) is 36.4 Å². The quantitative estimate of drug-likeness (QED) is 0.578. The molecule has 0 saturated carbocycles. The summed E-state index contributed by atoms with van der Waals surface area (Å²) >= 11 is 0. The Morgan fingerprint density at radius 1 is 1.04 bits per heavy atom. The first-order valence-electron chi connectivity index (χ1n) is 7.87. The van der Waals surface area contributed by atoms with E-state index in [4.69, 9.17) is 10.5 Å². The van der Waals surface area contributed by atoms with Gasteiger partial charge in [0.1, 0.15) is 12.0 Å². The van der Waals surface area contributed by atoms with Crippen molar-refractivity contribution in [1.82, 2.24) is 9.97 Å². The lowest BCUT2D eigenvalue weighted by molar-refractivity contribution is 0.198. The van der Waals surface area contributed by atoms with Crippen molar-refractivity contribution >= 4 is 33.8 Å². The fourth-order valence-corrected chi connectivity index (χ4v) is 2.52. The molecular weight excluding hydrogens is 302 g/mol. The number of benzene rings is 2. The fraction of sp³-hybridized carbons (Fsp3) is 0.222. The highest BCUT2D eigenvalue weighted by Gasteiger charge is 2.09. The molecule has 0 spiro atoms. The van der Waals surface area contributed by atoms with Gasteiger partial charge in [-0.15, -0.1) is 0 Å². The van der Waals surface area contributed by atoms with Crippen LogP contribution in [0.1, 0.15) is 6.42 Å². The monoisotopic (exact) mass is 323 g/mol. The molecular formula is C18H21N5O. The summed E-state index contributed by atoms with van der Waals surface area (Å²) in [5, 5.41) is 8.81. The second kappa shape index (κ2) is 7.61. The molecule has 0 aliphatic heterocycles. The van der Waals surface area contributed by atoms with Crippen LogP contribution in [0.15, 0.2) is 48.8 Å². The molecule has 0 radical (unpaired) electrons. The molecule has 0 bridgehead atoms. The third-order valence-electron chi connectivity index (χ3n) is 3.74. The molecule has 0 aliphatic carbocycles. The summed E-state index contributed by atoms with van der Waals surface area (Å²) in [5.41, 5.74) is 7.67. The van der Waals surface area contributed by atoms with Gasteiger partial charge < -0.3 is 21.1 Å². The lowest BCUT2D eigenvalue weighted by Gasteiger charge is -2.13. The molecule has 3 rings (SSSR count). The Kier molecular flexibility index (Phi) is 5.08. The van der Waals surface area contributed by atoms with Crippen molar-refractivity contribution in [2.24, 2.45) is 0 Å². The Bertz CT molecular complexity index is 816. The summed E-state index contributed by atoms with van der Waals surface area (Å²) in [4.78, 5) is 8.49. The summed E-state index contributed by atoms with van der Waals surface area (Å²) in [5.74, 6) is 1.22. The number of nitrogens with one attached hydrogen (secondary N) is 2. The Morgan fingerprint density at radius 3 is 2.71 bits per heavy atom. The molecule has 24 heavy (non-hydrogen) atoms. The van der Waals surface area contributed by atoms with Gasteiger partial charge in [0.2, 0.25) is 0 Å². The molecule has 0 fully saturated rings. The predicted octanol–water partition coefficient (Wildman–Crippen LogP) is 3.40. The van der Waals surface area contributed by atoms with E-state index in [2.05, 4.69) is 38.8 Å². The minimum Gasteiger partial charge on any atom is -0.393 e. The van der Waals surface area contributed by atoms with Crippen molar-refractivity contribution in [3.63, 3.8) is 0 Å². The number of nitrogens with zero attached hydrogens (tertiary/aromatic N) is 2. The average Bonchev–Trinajstić information content (AvgIpc) is 2.62. The molecule has 1 aromatic heterocycles. The highest BCUT2D eigenvalue weighted by atomic mass is 16.5. The van der Waals surface area contributed by atoms with Crippen LogP contribution in [0.5, 0.6) is 0 Å². The average molecular weight is 323 g/mol. The first-order valence-corrected chi connectivity index (χ1v) is 7.87. The molecule has 6 nitrogen and oxygen atoms in total.